The second kappa shape index (κ2) is 6.66. The summed E-state index contributed by atoms with van der Waals surface area (Å²) in [5, 5.41) is 17.0. The Morgan fingerprint density at radius 2 is 1.81 bits per heavy atom. The zero-order valence-corrected chi connectivity index (χ0v) is 16.2. The molecule has 0 amide bonds. The van der Waals surface area contributed by atoms with E-state index in [-0.39, 0.29) is 17.8 Å². The smallest absolute Gasteiger partial charge is 0.371 e. The predicted molar refractivity (Wildman–Crippen MR) is 94.3 cm³/mol. The zero-order valence-electron chi connectivity index (χ0n) is 15.5. The summed E-state index contributed by atoms with van der Waals surface area (Å²) < 4.78 is 83.0. The first-order valence-corrected chi connectivity index (χ1v) is 9.12. The molecule has 1 atom stereocenters. The van der Waals surface area contributed by atoms with Crippen LogP contribution in [0.25, 0.3) is 10.9 Å². The minimum Gasteiger partial charge on any atom is -0.371 e. The van der Waals surface area contributed by atoms with Crippen LogP contribution in [-0.2, 0) is 18.8 Å². The molecule has 0 bridgehead atoms. The van der Waals surface area contributed by atoms with E-state index in [1.165, 1.54) is 0 Å². The lowest BCUT2D eigenvalue weighted by molar-refractivity contribution is -0.250. The van der Waals surface area contributed by atoms with Crippen LogP contribution in [0.3, 0.4) is 0 Å². The number of hydrogen-bond donors (Lipinski definition) is 1. The molecule has 1 aliphatic carbocycles. The number of alkyl halides is 6. The van der Waals surface area contributed by atoms with Crippen molar-refractivity contribution in [2.45, 2.75) is 36.8 Å². The third kappa shape index (κ3) is 3.26. The van der Waals surface area contributed by atoms with Gasteiger partial charge in [0.2, 0.25) is 5.60 Å². The summed E-state index contributed by atoms with van der Waals surface area (Å²) >= 11 is 5.53. The number of halogens is 7. The van der Waals surface area contributed by atoms with Gasteiger partial charge in [-0.1, -0.05) is 11.6 Å². The second-order valence-electron chi connectivity index (χ2n) is 7.12. The minimum atomic E-state index is -5.44. The molecule has 0 saturated heterocycles. The quantitative estimate of drug-likeness (QED) is 0.597. The molecule has 7 nitrogen and oxygen atoms in total. The molecule has 14 heteroatoms. The molecule has 1 N–H and O–H groups in total. The van der Waals surface area contributed by atoms with Crippen LogP contribution in [0.1, 0.15) is 35.8 Å². The van der Waals surface area contributed by atoms with Gasteiger partial charge in [0.05, 0.1) is 28.3 Å². The molecular weight excluding hydrogens is 456 g/mol. The topological polar surface area (TPSA) is 85.8 Å². The summed E-state index contributed by atoms with van der Waals surface area (Å²) in [5.74, 6) is 0. The highest BCUT2D eigenvalue weighted by Crippen LogP contribution is 2.47. The van der Waals surface area contributed by atoms with Crippen molar-refractivity contribution in [3.05, 3.63) is 50.8 Å². The first-order chi connectivity index (χ1) is 14.3. The van der Waals surface area contributed by atoms with Gasteiger partial charge in [0.15, 0.2) is 11.2 Å². The molecule has 3 aromatic rings. The Kier molecular flexibility index (Phi) is 4.63. The summed E-state index contributed by atoms with van der Waals surface area (Å²) in [6.07, 6.45) is -7.89. The Morgan fingerprint density at radius 3 is 2.32 bits per heavy atom. The van der Waals surface area contributed by atoms with Crippen LogP contribution in [0.15, 0.2) is 23.3 Å². The first kappa shape index (κ1) is 21.6. The Morgan fingerprint density at radius 1 is 1.16 bits per heavy atom. The Balaban J connectivity index is 1.99. The zero-order chi connectivity index (χ0) is 22.9. The summed E-state index contributed by atoms with van der Waals surface area (Å²) in [6, 6.07) is 0.157. The Hall–Kier alpha value is -2.67. The largest absolute Gasteiger partial charge is 0.434 e. The van der Waals surface area contributed by atoms with Gasteiger partial charge >= 0.3 is 12.4 Å². The molecule has 1 fully saturated rings. The SMILES string of the molecule is Cn1nc2c(=O)n(C3CC3)ncc2c1C(O)(c1cnc(C(F)(F)F)c(Cl)c1)C(F)(F)F. The van der Waals surface area contributed by atoms with E-state index in [4.69, 9.17) is 11.6 Å². The van der Waals surface area contributed by atoms with Gasteiger partial charge in [0.25, 0.3) is 5.56 Å². The van der Waals surface area contributed by atoms with Crippen LogP contribution in [0.2, 0.25) is 5.02 Å². The molecular formula is C17H12ClF6N5O2. The fourth-order valence-corrected chi connectivity index (χ4v) is 3.66. The average molecular weight is 468 g/mol. The van der Waals surface area contributed by atoms with Crippen LogP contribution in [0.4, 0.5) is 26.3 Å². The average Bonchev–Trinajstić information content (AvgIpc) is 3.41. The molecule has 166 valence electrons. The van der Waals surface area contributed by atoms with E-state index in [2.05, 4.69) is 15.2 Å². The van der Waals surface area contributed by atoms with E-state index in [1.807, 2.05) is 0 Å². The molecule has 0 radical (unpaired) electrons. The van der Waals surface area contributed by atoms with Crippen molar-refractivity contribution in [2.24, 2.45) is 7.05 Å². The monoisotopic (exact) mass is 467 g/mol. The molecule has 0 aromatic carbocycles. The molecule has 3 heterocycles. The summed E-state index contributed by atoms with van der Waals surface area (Å²) in [6.45, 7) is 0. The van der Waals surface area contributed by atoms with Gasteiger partial charge in [-0.2, -0.15) is 36.5 Å². The highest BCUT2D eigenvalue weighted by atomic mass is 35.5. The standard InChI is InChI=1S/C17H12ClF6N5O2/c1-28-13(9-6-26-29(8-2-3-8)14(30)11(9)27-28)15(31,17(22,23)24)7-4-10(18)12(25-5-7)16(19,20)21/h4-6,8,31H,2-3H2,1H3. The highest BCUT2D eigenvalue weighted by molar-refractivity contribution is 6.31. The van der Waals surface area contributed by atoms with Crippen LogP contribution in [-0.4, -0.2) is 35.8 Å². The maximum Gasteiger partial charge on any atom is 0.434 e. The van der Waals surface area contributed by atoms with Gasteiger partial charge in [-0.15, -0.1) is 0 Å². The third-order valence-corrected chi connectivity index (χ3v) is 5.27. The number of pyridine rings is 1. The number of nitrogens with zero attached hydrogens (tertiary/aromatic N) is 5. The van der Waals surface area contributed by atoms with Crippen molar-refractivity contribution in [1.82, 2.24) is 24.5 Å². The lowest BCUT2D eigenvalue weighted by Crippen LogP contribution is -2.45. The number of aromatic nitrogens is 5. The van der Waals surface area contributed by atoms with Gasteiger partial charge in [-0.3, -0.25) is 9.48 Å². The Bertz CT molecular complexity index is 1250. The van der Waals surface area contributed by atoms with Gasteiger partial charge in [0, 0.05) is 18.8 Å². The molecule has 31 heavy (non-hydrogen) atoms. The van der Waals surface area contributed by atoms with Crippen molar-refractivity contribution in [2.75, 3.05) is 0 Å². The summed E-state index contributed by atoms with van der Waals surface area (Å²) in [4.78, 5) is 15.6. The maximum absolute atomic E-state index is 14.2. The third-order valence-electron chi connectivity index (χ3n) is 4.98. The molecule has 4 rings (SSSR count). The van der Waals surface area contributed by atoms with E-state index < -0.39 is 50.9 Å². The Labute approximate surface area is 173 Å². The number of rotatable bonds is 3. The number of aryl methyl sites for hydroxylation is 1. The van der Waals surface area contributed by atoms with Gasteiger partial charge < -0.3 is 5.11 Å². The lowest BCUT2D eigenvalue weighted by atomic mass is 9.89. The van der Waals surface area contributed by atoms with Crippen molar-refractivity contribution in [1.29, 1.82) is 0 Å². The number of hydrogen-bond acceptors (Lipinski definition) is 5. The van der Waals surface area contributed by atoms with Crippen molar-refractivity contribution in [3.8, 4) is 0 Å². The molecule has 0 spiro atoms. The van der Waals surface area contributed by atoms with Crippen LogP contribution in [0, 0.1) is 0 Å². The van der Waals surface area contributed by atoms with E-state index in [0.717, 1.165) is 17.9 Å². The van der Waals surface area contributed by atoms with E-state index in [1.54, 1.807) is 0 Å². The molecule has 1 aliphatic rings. The fourth-order valence-electron chi connectivity index (χ4n) is 3.39. The molecule has 0 aliphatic heterocycles. The van der Waals surface area contributed by atoms with E-state index >= 15 is 0 Å². The minimum absolute atomic E-state index is 0.179. The molecule has 1 saturated carbocycles. The lowest BCUT2D eigenvalue weighted by Gasteiger charge is -2.31. The second-order valence-corrected chi connectivity index (χ2v) is 7.53. The highest BCUT2D eigenvalue weighted by Gasteiger charge is 2.59. The van der Waals surface area contributed by atoms with Gasteiger partial charge in [-0.25, -0.2) is 9.67 Å². The van der Waals surface area contributed by atoms with Crippen molar-refractivity contribution < 1.29 is 31.4 Å². The maximum atomic E-state index is 14.2. The van der Waals surface area contributed by atoms with E-state index in [0.29, 0.717) is 23.6 Å². The number of aliphatic hydroxyl groups is 1. The first-order valence-electron chi connectivity index (χ1n) is 8.74. The van der Waals surface area contributed by atoms with Crippen LogP contribution in [0.5, 0.6) is 0 Å². The van der Waals surface area contributed by atoms with Crippen LogP contribution < -0.4 is 5.56 Å². The summed E-state index contributed by atoms with van der Waals surface area (Å²) in [5.41, 5.74) is -8.57. The fraction of sp³-hybridized carbons (Fsp3) is 0.412. The van der Waals surface area contributed by atoms with Crippen LogP contribution >= 0.6 is 11.6 Å². The molecule has 3 aromatic heterocycles. The number of fused-ring (bicyclic) bond motifs is 1. The van der Waals surface area contributed by atoms with E-state index in [9.17, 15) is 36.2 Å². The van der Waals surface area contributed by atoms with Gasteiger partial charge in [-0.05, 0) is 18.9 Å². The van der Waals surface area contributed by atoms with Gasteiger partial charge in [0.1, 0.15) is 0 Å². The predicted octanol–water partition coefficient (Wildman–Crippen LogP) is 3.33. The van der Waals surface area contributed by atoms with Crippen molar-refractivity contribution in [3.63, 3.8) is 0 Å². The van der Waals surface area contributed by atoms with Crippen molar-refractivity contribution >= 4 is 22.5 Å². The normalized spacial score (nSPS) is 17.2. The molecule has 1 unspecified atom stereocenters. The summed E-state index contributed by atoms with van der Waals surface area (Å²) in [7, 11) is 1.06.